The summed E-state index contributed by atoms with van der Waals surface area (Å²) in [4.78, 5) is 3.33. The number of fused-ring (bicyclic) bond motifs is 1. The third-order valence-corrected chi connectivity index (χ3v) is 4.80. The third-order valence-electron chi connectivity index (χ3n) is 4.48. The molecule has 3 heteroatoms. The first-order chi connectivity index (χ1) is 9.25. The molecule has 0 saturated heterocycles. The average Bonchev–Trinajstić information content (AvgIpc) is 2.75. The van der Waals surface area contributed by atoms with Crippen LogP contribution < -0.4 is 0 Å². The zero-order valence-corrected chi connectivity index (χ0v) is 12.4. The normalized spacial score (nSPS) is 17.1. The number of imidazole rings is 1. The van der Waals surface area contributed by atoms with E-state index in [-0.39, 0.29) is 0 Å². The first-order valence-corrected chi connectivity index (χ1v) is 7.84. The Labute approximate surface area is 119 Å². The molecule has 1 aromatic carbocycles. The lowest BCUT2D eigenvalue weighted by Crippen LogP contribution is -2.10. The van der Waals surface area contributed by atoms with Crippen LogP contribution in [0.1, 0.15) is 44.1 Å². The lowest BCUT2D eigenvalue weighted by molar-refractivity contribution is 0.325. The molecule has 2 nitrogen and oxygen atoms in total. The maximum Gasteiger partial charge on any atom is 0.178 e. The second-order valence-corrected chi connectivity index (χ2v) is 6.23. The number of rotatable bonds is 3. The Balaban J connectivity index is 1.84. The van der Waals surface area contributed by atoms with Crippen molar-refractivity contribution in [2.24, 2.45) is 5.92 Å². The SMILES string of the molecule is Cc1cccc2[nH]c(=S)n(CCC3CCCCC3)c12. The van der Waals surface area contributed by atoms with Gasteiger partial charge in [0.1, 0.15) is 0 Å². The fourth-order valence-electron chi connectivity index (χ4n) is 3.40. The minimum atomic E-state index is 0.875. The van der Waals surface area contributed by atoms with Crippen molar-refractivity contribution in [1.82, 2.24) is 9.55 Å². The highest BCUT2D eigenvalue weighted by Gasteiger charge is 2.14. The predicted molar refractivity (Wildman–Crippen MR) is 83.1 cm³/mol. The molecule has 1 aliphatic carbocycles. The second-order valence-electron chi connectivity index (χ2n) is 5.85. The van der Waals surface area contributed by atoms with Gasteiger partial charge in [0.05, 0.1) is 11.0 Å². The van der Waals surface area contributed by atoms with E-state index in [0.717, 1.165) is 17.2 Å². The van der Waals surface area contributed by atoms with Crippen LogP contribution in [0.5, 0.6) is 0 Å². The van der Waals surface area contributed by atoms with E-state index in [1.54, 1.807) is 0 Å². The minimum absolute atomic E-state index is 0.875. The summed E-state index contributed by atoms with van der Waals surface area (Å²) in [6.45, 7) is 3.23. The highest BCUT2D eigenvalue weighted by atomic mass is 32.1. The molecule has 1 aromatic heterocycles. The minimum Gasteiger partial charge on any atom is -0.331 e. The van der Waals surface area contributed by atoms with Gasteiger partial charge in [-0.2, -0.15) is 0 Å². The molecule has 19 heavy (non-hydrogen) atoms. The third kappa shape index (κ3) is 2.62. The van der Waals surface area contributed by atoms with Gasteiger partial charge in [-0.15, -0.1) is 0 Å². The van der Waals surface area contributed by atoms with Gasteiger partial charge in [-0.05, 0) is 43.1 Å². The summed E-state index contributed by atoms with van der Waals surface area (Å²) in [5.41, 5.74) is 3.78. The van der Waals surface area contributed by atoms with Gasteiger partial charge in [0, 0.05) is 6.54 Å². The van der Waals surface area contributed by atoms with Crippen LogP contribution in [0, 0.1) is 17.6 Å². The average molecular weight is 274 g/mol. The molecule has 0 amide bonds. The molecule has 0 spiro atoms. The Morgan fingerprint density at radius 3 is 2.84 bits per heavy atom. The molecule has 0 bridgehead atoms. The largest absolute Gasteiger partial charge is 0.331 e. The number of H-pyrrole nitrogens is 1. The topological polar surface area (TPSA) is 20.7 Å². The maximum absolute atomic E-state index is 5.49. The number of aromatic amines is 1. The standard InChI is InChI=1S/C16H22N2S/c1-12-6-5-9-14-15(12)18(16(19)17-14)11-10-13-7-3-2-4-8-13/h5-6,9,13H,2-4,7-8,10-11H2,1H3,(H,17,19). The highest BCUT2D eigenvalue weighted by molar-refractivity contribution is 7.71. The maximum atomic E-state index is 5.49. The van der Waals surface area contributed by atoms with Crippen LogP contribution in [-0.4, -0.2) is 9.55 Å². The monoisotopic (exact) mass is 274 g/mol. The number of aromatic nitrogens is 2. The van der Waals surface area contributed by atoms with E-state index in [4.69, 9.17) is 12.2 Å². The number of aryl methyl sites for hydroxylation is 2. The van der Waals surface area contributed by atoms with Crippen LogP contribution in [-0.2, 0) is 6.54 Å². The van der Waals surface area contributed by atoms with Gasteiger partial charge in [0.15, 0.2) is 4.77 Å². The van der Waals surface area contributed by atoms with Crippen molar-refractivity contribution < 1.29 is 0 Å². The molecular formula is C16H22N2S. The number of para-hydroxylation sites is 1. The molecule has 2 aromatic rings. The summed E-state index contributed by atoms with van der Waals surface area (Å²) in [6.07, 6.45) is 8.37. The molecule has 1 fully saturated rings. The lowest BCUT2D eigenvalue weighted by atomic mass is 9.87. The van der Waals surface area contributed by atoms with Gasteiger partial charge in [0.2, 0.25) is 0 Å². The van der Waals surface area contributed by atoms with Gasteiger partial charge in [-0.25, -0.2) is 0 Å². The van der Waals surface area contributed by atoms with Gasteiger partial charge < -0.3 is 9.55 Å². The van der Waals surface area contributed by atoms with Crippen molar-refractivity contribution in [3.63, 3.8) is 0 Å². The lowest BCUT2D eigenvalue weighted by Gasteiger charge is -2.21. The van der Waals surface area contributed by atoms with Gasteiger partial charge in [-0.1, -0.05) is 44.2 Å². The van der Waals surface area contributed by atoms with Crippen LogP contribution in [0.15, 0.2) is 18.2 Å². The smallest absolute Gasteiger partial charge is 0.178 e. The van der Waals surface area contributed by atoms with E-state index in [9.17, 15) is 0 Å². The van der Waals surface area contributed by atoms with Crippen LogP contribution in [0.25, 0.3) is 11.0 Å². The summed E-state index contributed by atoms with van der Waals surface area (Å²) in [7, 11) is 0. The van der Waals surface area contributed by atoms with Crippen LogP contribution in [0.2, 0.25) is 0 Å². The second kappa shape index (κ2) is 5.49. The van der Waals surface area contributed by atoms with Crippen molar-refractivity contribution in [3.05, 3.63) is 28.5 Å². The fourth-order valence-corrected chi connectivity index (χ4v) is 3.70. The van der Waals surface area contributed by atoms with E-state index in [1.807, 2.05) is 0 Å². The zero-order valence-electron chi connectivity index (χ0n) is 11.6. The molecule has 0 atom stereocenters. The number of benzene rings is 1. The van der Waals surface area contributed by atoms with Crippen molar-refractivity contribution in [3.8, 4) is 0 Å². The van der Waals surface area contributed by atoms with Crippen LogP contribution >= 0.6 is 12.2 Å². The molecule has 0 unspecified atom stereocenters. The molecule has 1 aliphatic rings. The number of hydrogen-bond acceptors (Lipinski definition) is 1. The molecular weight excluding hydrogens is 252 g/mol. The Kier molecular flexibility index (Phi) is 3.74. The van der Waals surface area contributed by atoms with Crippen molar-refractivity contribution >= 4 is 23.3 Å². The van der Waals surface area contributed by atoms with E-state index in [1.165, 1.54) is 55.1 Å². The van der Waals surface area contributed by atoms with Crippen molar-refractivity contribution in [2.75, 3.05) is 0 Å². The van der Waals surface area contributed by atoms with E-state index in [0.29, 0.717) is 0 Å². The van der Waals surface area contributed by atoms with Gasteiger partial charge in [0.25, 0.3) is 0 Å². The van der Waals surface area contributed by atoms with E-state index in [2.05, 4.69) is 34.7 Å². The summed E-state index contributed by atoms with van der Waals surface area (Å²) >= 11 is 5.49. The molecule has 1 N–H and O–H groups in total. The van der Waals surface area contributed by atoms with Gasteiger partial charge >= 0.3 is 0 Å². The molecule has 0 aliphatic heterocycles. The molecule has 102 valence electrons. The Hall–Kier alpha value is -1.09. The van der Waals surface area contributed by atoms with Gasteiger partial charge in [-0.3, -0.25) is 0 Å². The molecule has 1 saturated carbocycles. The first kappa shape index (κ1) is 12.9. The summed E-state index contributed by atoms with van der Waals surface area (Å²) in [5, 5.41) is 0. The first-order valence-electron chi connectivity index (χ1n) is 7.44. The van der Waals surface area contributed by atoms with Crippen molar-refractivity contribution in [2.45, 2.75) is 52.0 Å². The highest BCUT2D eigenvalue weighted by Crippen LogP contribution is 2.27. The number of nitrogens with one attached hydrogen (secondary N) is 1. The molecule has 0 radical (unpaired) electrons. The quantitative estimate of drug-likeness (QED) is 0.783. The summed E-state index contributed by atoms with van der Waals surface area (Å²) in [5.74, 6) is 0.907. The predicted octanol–water partition coefficient (Wildman–Crippen LogP) is 4.98. The van der Waals surface area contributed by atoms with Crippen molar-refractivity contribution in [1.29, 1.82) is 0 Å². The molecule has 1 heterocycles. The Morgan fingerprint density at radius 2 is 2.05 bits per heavy atom. The summed E-state index contributed by atoms with van der Waals surface area (Å²) < 4.78 is 3.18. The number of hydrogen-bond donors (Lipinski definition) is 1. The fraction of sp³-hybridized carbons (Fsp3) is 0.562. The Morgan fingerprint density at radius 1 is 1.26 bits per heavy atom. The molecule has 3 rings (SSSR count). The van der Waals surface area contributed by atoms with Crippen LogP contribution in [0.3, 0.4) is 0 Å². The summed E-state index contributed by atoms with van der Waals surface area (Å²) in [6, 6.07) is 6.38. The van der Waals surface area contributed by atoms with Crippen LogP contribution in [0.4, 0.5) is 0 Å². The zero-order chi connectivity index (χ0) is 13.2. The van der Waals surface area contributed by atoms with E-state index < -0.39 is 0 Å². The number of nitrogens with zero attached hydrogens (tertiary/aromatic N) is 1. The Bertz CT molecular complexity index is 617. The van der Waals surface area contributed by atoms with E-state index >= 15 is 0 Å².